The first-order valence-corrected chi connectivity index (χ1v) is 10.2. The number of aromatic nitrogens is 1. The van der Waals surface area contributed by atoms with Gasteiger partial charge in [-0.3, -0.25) is 4.98 Å². The first-order chi connectivity index (χ1) is 14.5. The van der Waals surface area contributed by atoms with E-state index >= 15 is 0 Å². The van der Waals surface area contributed by atoms with E-state index in [-0.39, 0.29) is 5.56 Å². The minimum Gasteiger partial charge on any atom is -0.440 e. The summed E-state index contributed by atoms with van der Waals surface area (Å²) in [5, 5.41) is 9.65. The molecule has 30 heavy (non-hydrogen) atoms. The summed E-state index contributed by atoms with van der Waals surface area (Å²) < 4.78 is 34.1. The molecule has 2 aromatic rings. The van der Waals surface area contributed by atoms with E-state index in [1.807, 2.05) is 0 Å². The standard InChI is InChI=1S/C22H25F2N3O3/c23-17-5-1-3-14(19(17)24)15-6-7-18(21-16(20(15)25)4-2-10-26-21)30-22(29)27-11-8-13(28)9-12-27/h1-5,10,13,15,18,20,28H,6-9,11-12,25H2/t15-,18+,20-/m0/s1. The Morgan fingerprint density at radius 1 is 1.10 bits per heavy atom. The molecule has 1 aliphatic carbocycles. The van der Waals surface area contributed by atoms with Gasteiger partial charge in [0.2, 0.25) is 0 Å². The lowest BCUT2D eigenvalue weighted by Crippen LogP contribution is -2.40. The highest BCUT2D eigenvalue weighted by Crippen LogP contribution is 2.43. The Labute approximate surface area is 173 Å². The van der Waals surface area contributed by atoms with Crippen molar-refractivity contribution in [2.75, 3.05) is 13.1 Å². The van der Waals surface area contributed by atoms with Crippen LogP contribution in [0.25, 0.3) is 0 Å². The first-order valence-electron chi connectivity index (χ1n) is 10.2. The van der Waals surface area contributed by atoms with Gasteiger partial charge in [-0.1, -0.05) is 18.2 Å². The monoisotopic (exact) mass is 417 g/mol. The number of nitrogens with zero attached hydrogens (tertiary/aromatic N) is 2. The maximum Gasteiger partial charge on any atom is 0.410 e. The third-order valence-corrected chi connectivity index (χ3v) is 6.06. The van der Waals surface area contributed by atoms with Crippen LogP contribution in [0.1, 0.15) is 60.6 Å². The number of rotatable bonds is 2. The number of carbonyl (C=O) groups excluding carboxylic acids is 1. The third kappa shape index (κ3) is 4.02. The second-order valence-corrected chi connectivity index (χ2v) is 7.92. The first kappa shape index (κ1) is 20.7. The van der Waals surface area contributed by atoms with Gasteiger partial charge in [0, 0.05) is 31.2 Å². The van der Waals surface area contributed by atoms with E-state index in [1.54, 1.807) is 29.3 Å². The Bertz CT molecular complexity index is 918. The average Bonchev–Trinajstić information content (AvgIpc) is 2.88. The third-order valence-electron chi connectivity index (χ3n) is 6.06. The molecule has 3 N–H and O–H groups in total. The number of carbonyl (C=O) groups is 1. The summed E-state index contributed by atoms with van der Waals surface area (Å²) in [6.45, 7) is 0.858. The van der Waals surface area contributed by atoms with Crippen LogP contribution in [0.3, 0.4) is 0 Å². The Balaban J connectivity index is 1.60. The number of piperidine rings is 1. The zero-order chi connectivity index (χ0) is 21.3. The largest absolute Gasteiger partial charge is 0.440 e. The average molecular weight is 417 g/mol. The van der Waals surface area contributed by atoms with E-state index in [0.29, 0.717) is 50.0 Å². The normalized spacial score (nSPS) is 24.8. The number of pyridine rings is 1. The molecule has 0 radical (unpaired) electrons. The van der Waals surface area contributed by atoms with Crippen LogP contribution in [0, 0.1) is 11.6 Å². The number of amides is 1. The van der Waals surface area contributed by atoms with Crippen molar-refractivity contribution >= 4 is 6.09 Å². The molecule has 0 unspecified atom stereocenters. The molecule has 1 aromatic carbocycles. The fraction of sp³-hybridized carbons (Fsp3) is 0.455. The molecule has 3 atom stereocenters. The van der Waals surface area contributed by atoms with Gasteiger partial charge >= 0.3 is 6.09 Å². The molecule has 6 nitrogen and oxygen atoms in total. The summed E-state index contributed by atoms with van der Waals surface area (Å²) in [6, 6.07) is 7.01. The van der Waals surface area contributed by atoms with Gasteiger partial charge in [0.15, 0.2) is 11.6 Å². The molecule has 2 aliphatic rings. The summed E-state index contributed by atoms with van der Waals surface area (Å²) in [6.07, 6.45) is 1.94. The predicted molar refractivity (Wildman–Crippen MR) is 106 cm³/mol. The van der Waals surface area contributed by atoms with Crippen LogP contribution in [0.15, 0.2) is 36.5 Å². The number of halogens is 2. The van der Waals surface area contributed by atoms with E-state index < -0.39 is 41.9 Å². The lowest BCUT2D eigenvalue weighted by Gasteiger charge is -2.30. The second-order valence-electron chi connectivity index (χ2n) is 7.92. The van der Waals surface area contributed by atoms with Gasteiger partial charge in [-0.2, -0.15) is 0 Å². The number of hydrogen-bond donors (Lipinski definition) is 2. The van der Waals surface area contributed by atoms with Gasteiger partial charge < -0.3 is 20.5 Å². The van der Waals surface area contributed by atoms with Crippen LogP contribution >= 0.6 is 0 Å². The van der Waals surface area contributed by atoms with Crippen LogP contribution in [0.5, 0.6) is 0 Å². The van der Waals surface area contributed by atoms with E-state index in [4.69, 9.17) is 10.5 Å². The highest BCUT2D eigenvalue weighted by Gasteiger charge is 2.35. The number of aliphatic hydroxyl groups excluding tert-OH is 1. The lowest BCUT2D eigenvalue weighted by molar-refractivity contribution is 0.0326. The van der Waals surface area contributed by atoms with Gasteiger partial charge in [0.05, 0.1) is 11.8 Å². The molecule has 0 saturated carbocycles. The molecule has 1 fully saturated rings. The Morgan fingerprint density at radius 3 is 2.60 bits per heavy atom. The maximum absolute atomic E-state index is 14.5. The molecule has 1 aliphatic heterocycles. The van der Waals surface area contributed by atoms with Crippen molar-refractivity contribution in [3.63, 3.8) is 0 Å². The van der Waals surface area contributed by atoms with E-state index in [2.05, 4.69) is 4.98 Å². The fourth-order valence-electron chi connectivity index (χ4n) is 4.36. The summed E-state index contributed by atoms with van der Waals surface area (Å²) in [7, 11) is 0. The Hall–Kier alpha value is -2.58. The van der Waals surface area contributed by atoms with Gasteiger partial charge in [-0.05, 0) is 48.9 Å². The summed E-state index contributed by atoms with van der Waals surface area (Å²) in [5.41, 5.74) is 7.92. The topological polar surface area (TPSA) is 88.7 Å². The minimum absolute atomic E-state index is 0.217. The predicted octanol–water partition coefficient (Wildman–Crippen LogP) is 3.57. The number of likely N-dealkylation sites (tertiary alicyclic amines) is 1. The number of aliphatic hydroxyl groups is 1. The Kier molecular flexibility index (Phi) is 5.97. The van der Waals surface area contributed by atoms with E-state index in [9.17, 15) is 18.7 Å². The molecule has 1 amide bonds. The highest BCUT2D eigenvalue weighted by atomic mass is 19.2. The number of ether oxygens (including phenoxy) is 1. The Morgan fingerprint density at radius 2 is 1.83 bits per heavy atom. The zero-order valence-corrected chi connectivity index (χ0v) is 16.5. The lowest BCUT2D eigenvalue weighted by atomic mass is 9.86. The molecule has 2 heterocycles. The number of benzene rings is 1. The van der Waals surface area contributed by atoms with Crippen molar-refractivity contribution in [1.29, 1.82) is 0 Å². The fourth-order valence-corrected chi connectivity index (χ4v) is 4.36. The molecule has 8 heteroatoms. The van der Waals surface area contributed by atoms with Crippen LogP contribution < -0.4 is 5.73 Å². The summed E-state index contributed by atoms with van der Waals surface area (Å²) in [5.74, 6) is -2.28. The van der Waals surface area contributed by atoms with Crippen LogP contribution in [0.4, 0.5) is 13.6 Å². The van der Waals surface area contributed by atoms with Crippen molar-refractivity contribution in [2.45, 2.75) is 49.9 Å². The molecule has 0 spiro atoms. The molecule has 0 bridgehead atoms. The van der Waals surface area contributed by atoms with Crippen LogP contribution in [-0.4, -0.2) is 40.3 Å². The van der Waals surface area contributed by atoms with Gasteiger partial charge in [0.1, 0.15) is 6.10 Å². The molecular weight excluding hydrogens is 392 g/mol. The molecule has 160 valence electrons. The number of nitrogens with two attached hydrogens (primary N) is 1. The maximum atomic E-state index is 14.5. The van der Waals surface area contributed by atoms with Crippen molar-refractivity contribution in [3.8, 4) is 0 Å². The molecule has 4 rings (SSSR count). The van der Waals surface area contributed by atoms with Gasteiger partial charge in [-0.15, -0.1) is 0 Å². The number of fused-ring (bicyclic) bond motifs is 1. The quantitative estimate of drug-likeness (QED) is 0.730. The molecular formula is C22H25F2N3O3. The van der Waals surface area contributed by atoms with Gasteiger partial charge in [0.25, 0.3) is 0 Å². The second kappa shape index (κ2) is 8.65. The van der Waals surface area contributed by atoms with E-state index in [0.717, 1.165) is 6.07 Å². The summed E-state index contributed by atoms with van der Waals surface area (Å²) in [4.78, 5) is 18.7. The minimum atomic E-state index is -0.911. The number of hydrogen-bond acceptors (Lipinski definition) is 5. The molecule has 1 saturated heterocycles. The highest BCUT2D eigenvalue weighted by molar-refractivity contribution is 5.68. The van der Waals surface area contributed by atoms with Gasteiger partial charge in [-0.25, -0.2) is 13.6 Å². The SMILES string of the molecule is N[C@@H]1c2cccnc2[C@H](OC(=O)N2CCC(O)CC2)CC[C@H]1c1cccc(F)c1F. The van der Waals surface area contributed by atoms with Crippen molar-refractivity contribution in [2.24, 2.45) is 5.73 Å². The molecule has 1 aromatic heterocycles. The smallest absolute Gasteiger partial charge is 0.410 e. The van der Waals surface area contributed by atoms with Crippen LogP contribution in [-0.2, 0) is 4.74 Å². The zero-order valence-electron chi connectivity index (χ0n) is 16.5. The van der Waals surface area contributed by atoms with Crippen molar-refractivity contribution in [3.05, 3.63) is 65.0 Å². The van der Waals surface area contributed by atoms with Crippen molar-refractivity contribution < 1.29 is 23.4 Å². The van der Waals surface area contributed by atoms with E-state index in [1.165, 1.54) is 6.07 Å². The van der Waals surface area contributed by atoms with Crippen LogP contribution in [0.2, 0.25) is 0 Å². The van der Waals surface area contributed by atoms with Crippen molar-refractivity contribution in [1.82, 2.24) is 9.88 Å². The summed E-state index contributed by atoms with van der Waals surface area (Å²) >= 11 is 0.